The van der Waals surface area contributed by atoms with Crippen LogP contribution in [0.15, 0.2) is 36.1 Å². The summed E-state index contributed by atoms with van der Waals surface area (Å²) in [6.45, 7) is 0.576. The normalized spacial score (nSPS) is 10.0. The van der Waals surface area contributed by atoms with Gasteiger partial charge < -0.3 is 10.1 Å². The third-order valence-electron chi connectivity index (χ3n) is 2.15. The van der Waals surface area contributed by atoms with E-state index in [2.05, 4.69) is 15.3 Å². The molecule has 0 spiro atoms. The molecule has 1 N–H and O–H groups in total. The number of ether oxygens (including phenoxy) is 1. The van der Waals surface area contributed by atoms with Crippen molar-refractivity contribution in [1.29, 1.82) is 0 Å². The highest BCUT2D eigenvalue weighted by molar-refractivity contribution is 7.09. The van der Waals surface area contributed by atoms with Crippen LogP contribution in [0.25, 0.3) is 0 Å². The smallest absolute Gasteiger partial charge is 0.257 e. The van der Waals surface area contributed by atoms with Gasteiger partial charge in [0.05, 0.1) is 11.2 Å². The van der Waals surface area contributed by atoms with Gasteiger partial charge >= 0.3 is 0 Å². The number of rotatable bonds is 6. The van der Waals surface area contributed by atoms with Crippen LogP contribution in [0.5, 0.6) is 5.75 Å². The van der Waals surface area contributed by atoms with E-state index in [0.717, 1.165) is 11.4 Å². The summed E-state index contributed by atoms with van der Waals surface area (Å²) in [5.74, 6) is 0.447. The summed E-state index contributed by atoms with van der Waals surface area (Å²) >= 11 is 1.58. The van der Waals surface area contributed by atoms with Gasteiger partial charge in [0.15, 0.2) is 6.61 Å². The predicted octanol–water partition coefficient (Wildman–Crippen LogP) is 1.28. The Bertz CT molecular complexity index is 473. The van der Waals surface area contributed by atoms with Gasteiger partial charge in [-0.1, -0.05) is 0 Å². The molecule has 18 heavy (non-hydrogen) atoms. The van der Waals surface area contributed by atoms with Crippen molar-refractivity contribution in [1.82, 2.24) is 15.3 Å². The van der Waals surface area contributed by atoms with E-state index >= 15 is 0 Å². The fourth-order valence-corrected chi connectivity index (χ4v) is 1.94. The second kappa shape index (κ2) is 6.70. The number of hydrogen-bond donors (Lipinski definition) is 1. The highest BCUT2D eigenvalue weighted by Crippen LogP contribution is 2.05. The first-order valence-corrected chi connectivity index (χ1v) is 6.40. The van der Waals surface area contributed by atoms with E-state index in [1.165, 1.54) is 0 Å². The molecule has 0 saturated carbocycles. The molecule has 0 saturated heterocycles. The van der Waals surface area contributed by atoms with Crippen molar-refractivity contribution in [3.8, 4) is 5.75 Å². The zero-order valence-corrected chi connectivity index (χ0v) is 10.5. The summed E-state index contributed by atoms with van der Waals surface area (Å²) in [7, 11) is 0. The Balaban J connectivity index is 1.63. The number of carbonyl (C=O) groups is 1. The van der Waals surface area contributed by atoms with Crippen molar-refractivity contribution in [3.63, 3.8) is 0 Å². The Morgan fingerprint density at radius 1 is 1.44 bits per heavy atom. The predicted molar refractivity (Wildman–Crippen MR) is 68.6 cm³/mol. The van der Waals surface area contributed by atoms with Crippen molar-refractivity contribution < 1.29 is 9.53 Å². The van der Waals surface area contributed by atoms with Crippen molar-refractivity contribution in [2.75, 3.05) is 13.2 Å². The van der Waals surface area contributed by atoms with E-state index in [-0.39, 0.29) is 12.5 Å². The van der Waals surface area contributed by atoms with Gasteiger partial charge in [0.1, 0.15) is 5.75 Å². The maximum Gasteiger partial charge on any atom is 0.257 e. The van der Waals surface area contributed by atoms with Gasteiger partial charge in [-0.15, -0.1) is 11.3 Å². The minimum Gasteiger partial charge on any atom is -0.482 e. The second-order valence-corrected chi connectivity index (χ2v) is 4.48. The number of pyridine rings is 1. The Hall–Kier alpha value is -1.95. The Labute approximate surface area is 109 Å². The van der Waals surface area contributed by atoms with Crippen molar-refractivity contribution in [2.45, 2.75) is 6.42 Å². The molecule has 6 heteroatoms. The van der Waals surface area contributed by atoms with Crippen LogP contribution in [0, 0.1) is 0 Å². The number of amides is 1. The molecule has 2 heterocycles. The van der Waals surface area contributed by atoms with Crippen LogP contribution < -0.4 is 10.1 Å². The molecule has 0 aliphatic rings. The molecule has 0 aliphatic heterocycles. The molecule has 0 bridgehead atoms. The molecular weight excluding hydrogens is 250 g/mol. The quantitative estimate of drug-likeness (QED) is 0.852. The van der Waals surface area contributed by atoms with Gasteiger partial charge in [-0.3, -0.25) is 9.78 Å². The lowest BCUT2D eigenvalue weighted by Crippen LogP contribution is -2.30. The van der Waals surface area contributed by atoms with Crippen molar-refractivity contribution in [2.24, 2.45) is 0 Å². The van der Waals surface area contributed by atoms with Crippen LogP contribution in [0.2, 0.25) is 0 Å². The highest BCUT2D eigenvalue weighted by Gasteiger charge is 2.03. The van der Waals surface area contributed by atoms with Gasteiger partial charge in [0, 0.05) is 30.7 Å². The molecule has 94 valence electrons. The number of nitrogens with zero attached hydrogens (tertiary/aromatic N) is 2. The summed E-state index contributed by atoms with van der Waals surface area (Å²) in [4.78, 5) is 19.5. The number of hydrogen-bond acceptors (Lipinski definition) is 5. The first-order valence-electron chi connectivity index (χ1n) is 5.52. The molecule has 0 aliphatic carbocycles. The van der Waals surface area contributed by atoms with Crippen LogP contribution >= 0.6 is 11.3 Å². The van der Waals surface area contributed by atoms with Crippen LogP contribution in [-0.4, -0.2) is 29.0 Å². The highest BCUT2D eigenvalue weighted by atomic mass is 32.1. The lowest BCUT2D eigenvalue weighted by atomic mass is 10.4. The van der Waals surface area contributed by atoms with Crippen molar-refractivity contribution >= 4 is 17.2 Å². The zero-order chi connectivity index (χ0) is 12.6. The van der Waals surface area contributed by atoms with E-state index in [9.17, 15) is 4.79 Å². The van der Waals surface area contributed by atoms with Crippen LogP contribution in [0.4, 0.5) is 0 Å². The fourth-order valence-electron chi connectivity index (χ4n) is 1.32. The monoisotopic (exact) mass is 263 g/mol. The molecular formula is C12H13N3O2S. The second-order valence-electron chi connectivity index (χ2n) is 3.50. The summed E-state index contributed by atoms with van der Waals surface area (Å²) in [5, 5.41) is 5.71. The molecule has 0 aromatic carbocycles. The molecule has 0 radical (unpaired) electrons. The average molecular weight is 263 g/mol. The molecule has 1 amide bonds. The van der Waals surface area contributed by atoms with Gasteiger partial charge in [-0.05, 0) is 12.1 Å². The average Bonchev–Trinajstić information content (AvgIpc) is 2.91. The summed E-state index contributed by atoms with van der Waals surface area (Å²) in [5.41, 5.74) is 0. The molecule has 2 aromatic heterocycles. The standard InChI is InChI=1S/C12H13N3O2S/c16-11(9-17-10-2-1-4-13-8-10)14-5-3-12-15-6-7-18-12/h1-2,4,6-8H,3,5,9H2,(H,14,16). The number of carbonyl (C=O) groups excluding carboxylic acids is 1. The topological polar surface area (TPSA) is 64.1 Å². The van der Waals surface area contributed by atoms with Crippen LogP contribution in [0.3, 0.4) is 0 Å². The molecule has 0 unspecified atom stereocenters. The molecule has 0 atom stereocenters. The van der Waals surface area contributed by atoms with E-state index in [1.807, 2.05) is 5.38 Å². The first kappa shape index (κ1) is 12.5. The number of thiazole rings is 1. The Kier molecular flexibility index (Phi) is 4.66. The molecule has 5 nitrogen and oxygen atoms in total. The van der Waals surface area contributed by atoms with Crippen molar-refractivity contribution in [3.05, 3.63) is 41.1 Å². The summed E-state index contributed by atoms with van der Waals surface area (Å²) < 4.78 is 5.27. The first-order chi connectivity index (χ1) is 8.84. The van der Waals surface area contributed by atoms with E-state index < -0.39 is 0 Å². The van der Waals surface area contributed by atoms with Crippen LogP contribution in [-0.2, 0) is 11.2 Å². The maximum atomic E-state index is 11.5. The van der Waals surface area contributed by atoms with Gasteiger partial charge in [-0.2, -0.15) is 0 Å². The third kappa shape index (κ3) is 4.14. The number of nitrogens with one attached hydrogen (secondary N) is 1. The lowest BCUT2D eigenvalue weighted by Gasteiger charge is -2.06. The van der Waals surface area contributed by atoms with Gasteiger partial charge in [-0.25, -0.2) is 4.98 Å². The van der Waals surface area contributed by atoms with E-state index in [4.69, 9.17) is 4.74 Å². The number of aromatic nitrogens is 2. The minimum atomic E-state index is -0.143. The summed E-state index contributed by atoms with van der Waals surface area (Å²) in [6.07, 6.45) is 5.73. The SMILES string of the molecule is O=C(COc1cccnc1)NCCc1nccs1. The largest absolute Gasteiger partial charge is 0.482 e. The van der Waals surface area contributed by atoms with Gasteiger partial charge in [0.2, 0.25) is 0 Å². The zero-order valence-electron chi connectivity index (χ0n) is 9.70. The summed E-state index contributed by atoms with van der Waals surface area (Å²) in [6, 6.07) is 3.52. The Morgan fingerprint density at radius 2 is 2.39 bits per heavy atom. The van der Waals surface area contributed by atoms with E-state index in [0.29, 0.717) is 12.3 Å². The Morgan fingerprint density at radius 3 is 3.11 bits per heavy atom. The van der Waals surface area contributed by atoms with Crippen LogP contribution in [0.1, 0.15) is 5.01 Å². The minimum absolute atomic E-state index is 0.00353. The van der Waals surface area contributed by atoms with E-state index in [1.54, 1.807) is 42.1 Å². The molecule has 2 aromatic rings. The fraction of sp³-hybridized carbons (Fsp3) is 0.250. The third-order valence-corrected chi connectivity index (χ3v) is 2.99. The van der Waals surface area contributed by atoms with Gasteiger partial charge in [0.25, 0.3) is 5.91 Å². The maximum absolute atomic E-state index is 11.5. The molecule has 0 fully saturated rings. The molecule has 2 rings (SSSR count). The lowest BCUT2D eigenvalue weighted by molar-refractivity contribution is -0.123.